The Labute approximate surface area is 159 Å². The molecule has 3 rings (SSSR count). The van der Waals surface area contributed by atoms with Crippen LogP contribution in [-0.4, -0.2) is 66.8 Å². The summed E-state index contributed by atoms with van der Waals surface area (Å²) in [5, 5.41) is 5.08. The summed E-state index contributed by atoms with van der Waals surface area (Å²) in [7, 11) is 0. The second-order valence-electron chi connectivity index (χ2n) is 7.29. The highest BCUT2D eigenvalue weighted by Gasteiger charge is 2.27. The fraction of sp³-hybridized carbons (Fsp3) is 0.579. The Morgan fingerprint density at radius 2 is 1.78 bits per heavy atom. The summed E-state index contributed by atoms with van der Waals surface area (Å²) >= 11 is 0. The zero-order valence-electron chi connectivity index (χ0n) is 16.2. The number of nitrogens with one attached hydrogen (secondary N) is 2. The Morgan fingerprint density at radius 3 is 2.48 bits per heavy atom. The average Bonchev–Trinajstić information content (AvgIpc) is 3.08. The van der Waals surface area contributed by atoms with Crippen molar-refractivity contribution in [3.63, 3.8) is 0 Å². The van der Waals surface area contributed by atoms with Crippen molar-refractivity contribution in [1.29, 1.82) is 0 Å². The Hall–Kier alpha value is -2.32. The Morgan fingerprint density at radius 1 is 1.07 bits per heavy atom. The van der Waals surface area contributed by atoms with Crippen LogP contribution in [0.25, 0.3) is 0 Å². The van der Waals surface area contributed by atoms with E-state index in [9.17, 15) is 9.59 Å². The van der Waals surface area contributed by atoms with Crippen molar-refractivity contribution in [2.24, 2.45) is 0 Å². The molecule has 2 N–H and O–H groups in total. The molecule has 8 nitrogen and oxygen atoms in total. The third-order valence-electron chi connectivity index (χ3n) is 4.83. The number of imide groups is 1. The summed E-state index contributed by atoms with van der Waals surface area (Å²) < 4.78 is 10.8. The van der Waals surface area contributed by atoms with E-state index in [1.807, 2.05) is 32.9 Å². The van der Waals surface area contributed by atoms with Crippen LogP contribution < -0.4 is 20.1 Å². The van der Waals surface area contributed by atoms with E-state index in [2.05, 4.69) is 26.5 Å². The van der Waals surface area contributed by atoms with Crippen molar-refractivity contribution in [3.8, 4) is 11.5 Å². The van der Waals surface area contributed by atoms with E-state index in [-0.39, 0.29) is 24.8 Å². The minimum atomic E-state index is -0.441. The number of benzene rings is 1. The quantitative estimate of drug-likeness (QED) is 0.802. The van der Waals surface area contributed by atoms with Crippen molar-refractivity contribution in [2.75, 3.05) is 33.0 Å². The number of hydrogen-bond donors (Lipinski definition) is 2. The van der Waals surface area contributed by atoms with Gasteiger partial charge in [-0.1, -0.05) is 6.07 Å². The molecule has 0 saturated carbocycles. The minimum absolute atomic E-state index is 0.00664. The fourth-order valence-electron chi connectivity index (χ4n) is 3.29. The van der Waals surface area contributed by atoms with Crippen LogP contribution >= 0.6 is 0 Å². The second kappa shape index (κ2) is 8.58. The number of urea groups is 1. The molecular weight excluding hydrogens is 348 g/mol. The second-order valence-corrected chi connectivity index (χ2v) is 7.29. The maximum absolute atomic E-state index is 12.3. The molecule has 0 unspecified atom stereocenters. The molecule has 27 heavy (non-hydrogen) atoms. The first kappa shape index (κ1) is 19.4. The van der Waals surface area contributed by atoms with Gasteiger partial charge in [-0.15, -0.1) is 0 Å². The van der Waals surface area contributed by atoms with E-state index in [4.69, 9.17) is 9.47 Å². The van der Waals surface area contributed by atoms with Gasteiger partial charge in [-0.25, -0.2) is 4.79 Å². The van der Waals surface area contributed by atoms with Crippen molar-refractivity contribution in [1.82, 2.24) is 20.4 Å². The van der Waals surface area contributed by atoms with Crippen molar-refractivity contribution in [3.05, 3.63) is 23.8 Å². The van der Waals surface area contributed by atoms with Crippen molar-refractivity contribution < 1.29 is 19.1 Å². The molecule has 0 aromatic heterocycles. The number of rotatable bonds is 5. The fourth-order valence-corrected chi connectivity index (χ4v) is 3.29. The number of carbonyl (C=O) groups is 2. The maximum Gasteiger partial charge on any atom is 0.321 e. The van der Waals surface area contributed by atoms with Gasteiger partial charge in [-0.3, -0.25) is 19.9 Å². The highest BCUT2D eigenvalue weighted by molar-refractivity contribution is 5.96. The molecule has 1 aromatic rings. The van der Waals surface area contributed by atoms with Gasteiger partial charge >= 0.3 is 6.03 Å². The van der Waals surface area contributed by atoms with Crippen LogP contribution in [-0.2, 0) is 11.3 Å². The number of carbonyl (C=O) groups excluding carboxylic acids is 2. The normalized spacial score (nSPS) is 18.4. The van der Waals surface area contributed by atoms with Crippen LogP contribution in [0.5, 0.6) is 11.5 Å². The van der Waals surface area contributed by atoms with Crippen LogP contribution in [0.2, 0.25) is 0 Å². The molecule has 1 saturated heterocycles. The van der Waals surface area contributed by atoms with Crippen LogP contribution in [0.1, 0.15) is 26.3 Å². The number of amides is 3. The lowest BCUT2D eigenvalue weighted by Gasteiger charge is -2.37. The van der Waals surface area contributed by atoms with E-state index >= 15 is 0 Å². The molecular formula is C19H28N4O4. The molecule has 148 valence electrons. The molecule has 0 spiro atoms. The first-order valence-electron chi connectivity index (χ1n) is 9.38. The summed E-state index contributed by atoms with van der Waals surface area (Å²) in [6, 6.07) is 5.25. The Balaban J connectivity index is 1.45. The molecule has 0 radical (unpaired) electrons. The lowest BCUT2D eigenvalue weighted by molar-refractivity contribution is -0.125. The SMILES string of the molecule is CC(C)NC(=O)NC(=O)[C@H](C)N1CCN(Cc2ccc3c(c2)OCO3)CC1. The van der Waals surface area contributed by atoms with Crippen LogP contribution in [0.3, 0.4) is 0 Å². The maximum atomic E-state index is 12.3. The highest BCUT2D eigenvalue weighted by Crippen LogP contribution is 2.32. The van der Waals surface area contributed by atoms with Crippen molar-refractivity contribution >= 4 is 11.9 Å². The van der Waals surface area contributed by atoms with E-state index in [0.29, 0.717) is 0 Å². The summed E-state index contributed by atoms with van der Waals surface area (Å²) in [5.74, 6) is 1.33. The average molecular weight is 376 g/mol. The van der Waals surface area contributed by atoms with Gasteiger partial charge in [0.25, 0.3) is 0 Å². The van der Waals surface area contributed by atoms with Crippen molar-refractivity contribution in [2.45, 2.75) is 39.4 Å². The molecule has 3 amide bonds. The zero-order chi connectivity index (χ0) is 19.4. The standard InChI is InChI=1S/C19H28N4O4/c1-13(2)20-19(25)21-18(24)14(3)23-8-6-22(7-9-23)11-15-4-5-16-17(10-15)27-12-26-16/h4-5,10,13-14H,6-9,11-12H2,1-3H3,(H2,20,21,24,25)/t14-/m0/s1. The summed E-state index contributed by atoms with van der Waals surface area (Å²) in [6.07, 6.45) is 0. The molecule has 8 heteroatoms. The first-order chi connectivity index (χ1) is 12.9. The molecule has 1 atom stereocenters. The topological polar surface area (TPSA) is 83.1 Å². The van der Waals surface area contributed by atoms with Gasteiger partial charge in [-0.05, 0) is 38.5 Å². The van der Waals surface area contributed by atoms with Gasteiger partial charge in [0.2, 0.25) is 12.7 Å². The molecule has 0 aliphatic carbocycles. The summed E-state index contributed by atoms with van der Waals surface area (Å²) in [4.78, 5) is 28.4. The van der Waals surface area contributed by atoms with Gasteiger partial charge in [0.05, 0.1) is 6.04 Å². The molecule has 2 aliphatic rings. The monoisotopic (exact) mass is 376 g/mol. The molecule has 2 aliphatic heterocycles. The largest absolute Gasteiger partial charge is 0.454 e. The summed E-state index contributed by atoms with van der Waals surface area (Å²) in [5.41, 5.74) is 1.18. The molecule has 2 heterocycles. The smallest absolute Gasteiger partial charge is 0.321 e. The Bertz CT molecular complexity index is 686. The predicted octanol–water partition coefficient (Wildman–Crippen LogP) is 1.16. The number of ether oxygens (including phenoxy) is 2. The molecule has 1 aromatic carbocycles. The molecule has 0 bridgehead atoms. The lowest BCUT2D eigenvalue weighted by atomic mass is 10.1. The number of fused-ring (bicyclic) bond motifs is 1. The third-order valence-corrected chi connectivity index (χ3v) is 4.83. The zero-order valence-corrected chi connectivity index (χ0v) is 16.2. The number of nitrogens with zero attached hydrogens (tertiary/aromatic N) is 2. The van der Waals surface area contributed by atoms with Crippen LogP contribution in [0.15, 0.2) is 18.2 Å². The van der Waals surface area contributed by atoms with Crippen LogP contribution in [0, 0.1) is 0 Å². The van der Waals surface area contributed by atoms with E-state index in [1.165, 1.54) is 5.56 Å². The van der Waals surface area contributed by atoms with Gasteiger partial charge in [0.15, 0.2) is 11.5 Å². The van der Waals surface area contributed by atoms with Gasteiger partial charge in [0.1, 0.15) is 0 Å². The highest BCUT2D eigenvalue weighted by atomic mass is 16.7. The van der Waals surface area contributed by atoms with Crippen LogP contribution in [0.4, 0.5) is 4.79 Å². The third kappa shape index (κ3) is 5.11. The summed E-state index contributed by atoms with van der Waals surface area (Å²) in [6.45, 7) is 9.96. The number of piperazine rings is 1. The van der Waals surface area contributed by atoms with E-state index < -0.39 is 6.03 Å². The van der Waals surface area contributed by atoms with Gasteiger partial charge < -0.3 is 14.8 Å². The first-order valence-corrected chi connectivity index (χ1v) is 9.38. The van der Waals surface area contributed by atoms with E-state index in [0.717, 1.165) is 44.2 Å². The Kier molecular flexibility index (Phi) is 6.18. The van der Waals surface area contributed by atoms with Gasteiger partial charge in [0, 0.05) is 38.8 Å². The minimum Gasteiger partial charge on any atom is -0.454 e. The molecule has 1 fully saturated rings. The lowest BCUT2D eigenvalue weighted by Crippen LogP contribution is -2.55. The predicted molar refractivity (Wildman–Crippen MR) is 101 cm³/mol. The van der Waals surface area contributed by atoms with E-state index in [1.54, 1.807) is 0 Å². The van der Waals surface area contributed by atoms with Gasteiger partial charge in [-0.2, -0.15) is 0 Å². The number of hydrogen-bond acceptors (Lipinski definition) is 6.